The number of hydrogen-bond donors (Lipinski definition) is 2. The van der Waals surface area contributed by atoms with E-state index in [0.717, 1.165) is 5.56 Å². The van der Waals surface area contributed by atoms with E-state index in [1.165, 1.54) is 0 Å². The Morgan fingerprint density at radius 1 is 1.41 bits per heavy atom. The predicted octanol–water partition coefficient (Wildman–Crippen LogP) is 2.10. The number of carbonyl (C=O) groups excluding carboxylic acids is 1. The van der Waals surface area contributed by atoms with Gasteiger partial charge in [0, 0.05) is 5.69 Å². The Morgan fingerprint density at radius 2 is 2.12 bits per heavy atom. The van der Waals surface area contributed by atoms with Gasteiger partial charge in [-0.1, -0.05) is 12.1 Å². The number of aliphatic hydroxyl groups excluding tert-OH is 1. The lowest BCUT2D eigenvalue weighted by molar-refractivity contribution is -0.121. The first-order valence-corrected chi connectivity index (χ1v) is 5.68. The van der Waals surface area contributed by atoms with Crippen LogP contribution in [-0.2, 0) is 9.53 Å². The summed E-state index contributed by atoms with van der Waals surface area (Å²) in [5, 5.41) is 12.1. The zero-order valence-corrected chi connectivity index (χ0v) is 10.4. The molecule has 1 aromatic carbocycles. The van der Waals surface area contributed by atoms with Gasteiger partial charge in [-0.25, -0.2) is 0 Å². The molecule has 4 nitrogen and oxygen atoms in total. The van der Waals surface area contributed by atoms with Gasteiger partial charge in [0.2, 0.25) is 5.91 Å². The van der Waals surface area contributed by atoms with Crippen LogP contribution in [0.25, 0.3) is 0 Å². The molecular weight excluding hydrogens is 218 g/mol. The van der Waals surface area contributed by atoms with Crippen molar-refractivity contribution in [3.8, 4) is 0 Å². The van der Waals surface area contributed by atoms with E-state index >= 15 is 0 Å². The van der Waals surface area contributed by atoms with Gasteiger partial charge in [0.1, 0.15) is 6.61 Å². The summed E-state index contributed by atoms with van der Waals surface area (Å²) in [6.07, 6.45) is -0.511. The smallest absolute Gasteiger partial charge is 0.250 e. The Balaban J connectivity index is 2.56. The minimum Gasteiger partial charge on any atom is -0.389 e. The molecule has 17 heavy (non-hydrogen) atoms. The fourth-order valence-electron chi connectivity index (χ4n) is 1.32. The molecule has 0 saturated carbocycles. The molecule has 4 heteroatoms. The lowest BCUT2D eigenvalue weighted by Crippen LogP contribution is -2.20. The van der Waals surface area contributed by atoms with Gasteiger partial charge >= 0.3 is 0 Å². The lowest BCUT2D eigenvalue weighted by atomic mass is 10.1. The van der Waals surface area contributed by atoms with E-state index in [9.17, 15) is 9.90 Å². The van der Waals surface area contributed by atoms with Crippen LogP contribution in [-0.4, -0.2) is 23.7 Å². The van der Waals surface area contributed by atoms with Gasteiger partial charge in [0.25, 0.3) is 0 Å². The normalized spacial score (nSPS) is 12.5. The van der Waals surface area contributed by atoms with Crippen LogP contribution in [0.15, 0.2) is 24.3 Å². The molecule has 1 rings (SSSR count). The zero-order valence-electron chi connectivity index (χ0n) is 10.4. The minimum atomic E-state index is -0.543. The summed E-state index contributed by atoms with van der Waals surface area (Å²) in [6.45, 7) is 5.47. The molecule has 2 N–H and O–H groups in total. The molecule has 1 unspecified atom stereocenters. The second-order valence-corrected chi connectivity index (χ2v) is 4.21. The maximum Gasteiger partial charge on any atom is 0.250 e. The van der Waals surface area contributed by atoms with Gasteiger partial charge in [-0.3, -0.25) is 4.79 Å². The third kappa shape index (κ3) is 4.97. The average Bonchev–Trinajstić information content (AvgIpc) is 2.26. The van der Waals surface area contributed by atoms with Crippen LogP contribution >= 0.6 is 0 Å². The molecule has 0 fully saturated rings. The molecule has 0 aliphatic rings. The van der Waals surface area contributed by atoms with E-state index in [-0.39, 0.29) is 18.6 Å². The highest BCUT2D eigenvalue weighted by atomic mass is 16.5. The first-order valence-electron chi connectivity index (χ1n) is 5.68. The Hall–Kier alpha value is -1.39. The van der Waals surface area contributed by atoms with Gasteiger partial charge in [0.05, 0.1) is 12.2 Å². The van der Waals surface area contributed by atoms with Gasteiger partial charge in [0.15, 0.2) is 0 Å². The first-order chi connectivity index (χ1) is 7.99. The molecule has 1 atom stereocenters. The molecule has 94 valence electrons. The summed E-state index contributed by atoms with van der Waals surface area (Å²) in [4.78, 5) is 11.5. The minimum absolute atomic E-state index is 0.0320. The third-order valence-electron chi connectivity index (χ3n) is 2.20. The molecule has 0 bridgehead atoms. The Labute approximate surface area is 102 Å². The van der Waals surface area contributed by atoms with Crippen LogP contribution in [0.4, 0.5) is 5.69 Å². The van der Waals surface area contributed by atoms with E-state index < -0.39 is 6.10 Å². The van der Waals surface area contributed by atoms with Crippen molar-refractivity contribution in [2.75, 3.05) is 11.9 Å². The molecule has 0 heterocycles. The highest BCUT2D eigenvalue weighted by molar-refractivity contribution is 5.91. The van der Waals surface area contributed by atoms with Crippen LogP contribution in [0, 0.1) is 0 Å². The number of nitrogens with one attached hydrogen (secondary N) is 1. The molecular formula is C13H19NO3. The van der Waals surface area contributed by atoms with Crippen molar-refractivity contribution in [3.63, 3.8) is 0 Å². The summed E-state index contributed by atoms with van der Waals surface area (Å²) in [5.74, 6) is -0.193. The Bertz CT molecular complexity index is 375. The largest absolute Gasteiger partial charge is 0.389 e. The van der Waals surface area contributed by atoms with E-state index in [2.05, 4.69) is 5.32 Å². The molecule has 0 radical (unpaired) electrons. The van der Waals surface area contributed by atoms with E-state index in [0.29, 0.717) is 5.69 Å². The average molecular weight is 237 g/mol. The highest BCUT2D eigenvalue weighted by Crippen LogP contribution is 2.16. The van der Waals surface area contributed by atoms with Crippen molar-refractivity contribution >= 4 is 11.6 Å². The maximum atomic E-state index is 11.5. The number of ether oxygens (including phenoxy) is 1. The molecule has 1 amide bonds. The number of hydrogen-bond acceptors (Lipinski definition) is 3. The summed E-state index contributed by atoms with van der Waals surface area (Å²) in [6, 6.07) is 7.13. The second-order valence-electron chi connectivity index (χ2n) is 4.21. The van der Waals surface area contributed by atoms with Gasteiger partial charge in [-0.05, 0) is 38.5 Å². The van der Waals surface area contributed by atoms with Gasteiger partial charge < -0.3 is 15.2 Å². The number of aliphatic hydroxyl groups is 1. The van der Waals surface area contributed by atoms with Crippen LogP contribution in [0.3, 0.4) is 0 Å². The van der Waals surface area contributed by atoms with Crippen molar-refractivity contribution in [2.24, 2.45) is 0 Å². The zero-order chi connectivity index (χ0) is 12.8. The molecule has 0 aromatic heterocycles. The fraction of sp³-hybridized carbons (Fsp3) is 0.462. The topological polar surface area (TPSA) is 58.6 Å². The van der Waals surface area contributed by atoms with Crippen LogP contribution in [0.1, 0.15) is 32.4 Å². The van der Waals surface area contributed by atoms with Crippen molar-refractivity contribution in [3.05, 3.63) is 29.8 Å². The number of benzene rings is 1. The standard InChI is InChI=1S/C13H19NO3/c1-9(2)17-8-13(16)14-12-6-4-5-11(7-12)10(3)15/h4-7,9-10,15H,8H2,1-3H3,(H,14,16). The monoisotopic (exact) mass is 237 g/mol. The predicted molar refractivity (Wildman–Crippen MR) is 66.8 cm³/mol. The molecule has 0 saturated heterocycles. The second kappa shape index (κ2) is 6.37. The maximum absolute atomic E-state index is 11.5. The van der Waals surface area contributed by atoms with Crippen LogP contribution in [0.2, 0.25) is 0 Å². The Morgan fingerprint density at radius 3 is 2.71 bits per heavy atom. The van der Waals surface area contributed by atoms with Crippen LogP contribution < -0.4 is 5.32 Å². The first kappa shape index (κ1) is 13.7. The number of amides is 1. The fourth-order valence-corrected chi connectivity index (χ4v) is 1.32. The lowest BCUT2D eigenvalue weighted by Gasteiger charge is -2.10. The van der Waals surface area contributed by atoms with E-state index in [1.54, 1.807) is 25.1 Å². The molecule has 0 aliphatic heterocycles. The van der Waals surface area contributed by atoms with Crippen LogP contribution in [0.5, 0.6) is 0 Å². The molecule has 0 spiro atoms. The Kier molecular flexibility index (Phi) is 5.12. The number of carbonyl (C=O) groups is 1. The van der Waals surface area contributed by atoms with E-state index in [4.69, 9.17) is 4.74 Å². The molecule has 1 aromatic rings. The van der Waals surface area contributed by atoms with E-state index in [1.807, 2.05) is 19.9 Å². The van der Waals surface area contributed by atoms with Crippen molar-refractivity contribution in [1.82, 2.24) is 0 Å². The number of rotatable bonds is 5. The molecule has 0 aliphatic carbocycles. The van der Waals surface area contributed by atoms with Gasteiger partial charge in [-0.2, -0.15) is 0 Å². The summed E-state index contributed by atoms with van der Waals surface area (Å²) in [7, 11) is 0. The van der Waals surface area contributed by atoms with Gasteiger partial charge in [-0.15, -0.1) is 0 Å². The summed E-state index contributed by atoms with van der Waals surface area (Å²) >= 11 is 0. The summed E-state index contributed by atoms with van der Waals surface area (Å²) in [5.41, 5.74) is 1.44. The third-order valence-corrected chi connectivity index (χ3v) is 2.20. The summed E-state index contributed by atoms with van der Waals surface area (Å²) < 4.78 is 5.19. The number of anilines is 1. The SMILES string of the molecule is CC(C)OCC(=O)Nc1cccc(C(C)O)c1. The highest BCUT2D eigenvalue weighted by Gasteiger charge is 2.06. The van der Waals surface area contributed by atoms with Crippen molar-refractivity contribution in [2.45, 2.75) is 33.0 Å². The quantitative estimate of drug-likeness (QED) is 0.824. The van der Waals surface area contributed by atoms with Crippen molar-refractivity contribution in [1.29, 1.82) is 0 Å². The van der Waals surface area contributed by atoms with Crippen molar-refractivity contribution < 1.29 is 14.6 Å².